The lowest BCUT2D eigenvalue weighted by molar-refractivity contribution is 0.00578. The van der Waals surface area contributed by atoms with Crippen LogP contribution < -0.4 is 5.73 Å². The maximum atomic E-state index is 6.03. The fraction of sp³-hybridized carbons (Fsp3) is 0.467. The number of hydrogen-bond acceptors (Lipinski definition) is 4. The summed E-state index contributed by atoms with van der Waals surface area (Å²) >= 11 is 4.28. The lowest BCUT2D eigenvalue weighted by atomic mass is 9.77. The first kappa shape index (κ1) is 15.6. The van der Waals surface area contributed by atoms with Gasteiger partial charge in [0.05, 0.1) is 11.2 Å². The molecule has 2 N–H and O–H groups in total. The van der Waals surface area contributed by atoms with E-state index >= 15 is 0 Å². The molecule has 1 aliphatic heterocycles. The van der Waals surface area contributed by atoms with Gasteiger partial charge in [-0.3, -0.25) is 0 Å². The lowest BCUT2D eigenvalue weighted by Gasteiger charge is -2.32. The largest absolute Gasteiger partial charge is 0.491 e. The van der Waals surface area contributed by atoms with Crippen LogP contribution in [-0.2, 0) is 9.31 Å². The van der Waals surface area contributed by atoms with Crippen molar-refractivity contribution in [3.8, 4) is 0 Å². The monoisotopic (exact) mass is 291 g/mol. The van der Waals surface area contributed by atoms with E-state index in [1.807, 2.05) is 58.0 Å². The van der Waals surface area contributed by atoms with Crippen LogP contribution >= 0.6 is 12.6 Å². The minimum Gasteiger partial charge on any atom is -0.400 e. The van der Waals surface area contributed by atoms with Gasteiger partial charge in [-0.05, 0) is 50.9 Å². The zero-order valence-electron chi connectivity index (χ0n) is 12.5. The maximum Gasteiger partial charge on any atom is 0.491 e. The fourth-order valence-corrected chi connectivity index (χ4v) is 2.15. The number of hydrogen-bond donors (Lipinski definition) is 2. The number of thiol groups is 1. The van der Waals surface area contributed by atoms with Gasteiger partial charge in [-0.2, -0.15) is 0 Å². The predicted molar refractivity (Wildman–Crippen MR) is 86.8 cm³/mol. The van der Waals surface area contributed by atoms with Gasteiger partial charge in [0.15, 0.2) is 0 Å². The summed E-state index contributed by atoms with van der Waals surface area (Å²) in [6.07, 6.45) is 2.02. The first-order valence-electron chi connectivity index (χ1n) is 6.80. The van der Waals surface area contributed by atoms with Crippen molar-refractivity contribution < 1.29 is 9.31 Å². The summed E-state index contributed by atoms with van der Waals surface area (Å²) in [6.45, 7) is 8.56. The molecule has 0 radical (unpaired) electrons. The standard InChI is InChI=1S/C15H22BNO2S/c1-14(2)15(3,4)19-16(18-14)12(10-17)9-11-5-7-13(20)8-6-11/h5-9,20H,10,17H2,1-4H3. The van der Waals surface area contributed by atoms with Gasteiger partial charge in [0, 0.05) is 11.4 Å². The molecule has 20 heavy (non-hydrogen) atoms. The van der Waals surface area contributed by atoms with Gasteiger partial charge in [0.25, 0.3) is 0 Å². The molecule has 108 valence electrons. The number of benzene rings is 1. The molecule has 0 bridgehead atoms. The highest BCUT2D eigenvalue weighted by atomic mass is 32.1. The summed E-state index contributed by atoms with van der Waals surface area (Å²) < 4.78 is 12.1. The third kappa shape index (κ3) is 3.12. The molecule has 1 saturated heterocycles. The van der Waals surface area contributed by atoms with Gasteiger partial charge in [0.1, 0.15) is 0 Å². The third-order valence-corrected chi connectivity index (χ3v) is 4.33. The van der Waals surface area contributed by atoms with Crippen LogP contribution in [0.25, 0.3) is 6.08 Å². The average Bonchev–Trinajstić information content (AvgIpc) is 2.57. The highest BCUT2D eigenvalue weighted by Crippen LogP contribution is 2.38. The van der Waals surface area contributed by atoms with Crippen molar-refractivity contribution in [1.82, 2.24) is 0 Å². The van der Waals surface area contributed by atoms with Gasteiger partial charge >= 0.3 is 7.12 Å². The molecule has 1 fully saturated rings. The normalized spacial score (nSPS) is 21.3. The molecule has 3 nitrogen and oxygen atoms in total. The van der Waals surface area contributed by atoms with E-state index in [1.165, 1.54) is 0 Å². The van der Waals surface area contributed by atoms with Crippen molar-refractivity contribution in [2.45, 2.75) is 43.8 Å². The fourth-order valence-electron chi connectivity index (χ4n) is 2.00. The second-order valence-electron chi connectivity index (χ2n) is 6.10. The number of nitrogens with two attached hydrogens (primary N) is 1. The Morgan fingerprint density at radius 3 is 2.10 bits per heavy atom. The Balaban J connectivity index is 2.24. The molecule has 1 aromatic carbocycles. The average molecular weight is 291 g/mol. The van der Waals surface area contributed by atoms with E-state index in [0.29, 0.717) is 6.54 Å². The topological polar surface area (TPSA) is 44.5 Å². The van der Waals surface area contributed by atoms with Crippen LogP contribution in [0.5, 0.6) is 0 Å². The Morgan fingerprint density at radius 1 is 1.15 bits per heavy atom. The van der Waals surface area contributed by atoms with Crippen molar-refractivity contribution in [3.63, 3.8) is 0 Å². The highest BCUT2D eigenvalue weighted by Gasteiger charge is 2.52. The lowest BCUT2D eigenvalue weighted by Crippen LogP contribution is -2.41. The zero-order valence-corrected chi connectivity index (χ0v) is 13.4. The van der Waals surface area contributed by atoms with Crippen LogP contribution in [0.4, 0.5) is 0 Å². The molecular formula is C15H22BNO2S. The van der Waals surface area contributed by atoms with Crippen LogP contribution in [-0.4, -0.2) is 24.9 Å². The van der Waals surface area contributed by atoms with Gasteiger partial charge in [0.2, 0.25) is 0 Å². The molecule has 0 unspecified atom stereocenters. The van der Waals surface area contributed by atoms with Crippen molar-refractivity contribution in [3.05, 3.63) is 35.3 Å². The first-order valence-corrected chi connectivity index (χ1v) is 7.25. The molecule has 0 aliphatic carbocycles. The molecule has 1 aliphatic rings. The van der Waals surface area contributed by atoms with Gasteiger partial charge in [-0.15, -0.1) is 12.6 Å². The maximum absolute atomic E-state index is 6.03. The van der Waals surface area contributed by atoms with Crippen molar-refractivity contribution in [2.75, 3.05) is 6.54 Å². The first-order chi connectivity index (χ1) is 9.25. The molecule has 0 aromatic heterocycles. The van der Waals surface area contributed by atoms with E-state index in [9.17, 15) is 0 Å². The molecule has 1 aromatic rings. The Morgan fingerprint density at radius 2 is 1.65 bits per heavy atom. The smallest absolute Gasteiger partial charge is 0.400 e. The molecule has 0 amide bonds. The third-order valence-electron chi connectivity index (χ3n) is 4.04. The minimum atomic E-state index is -0.388. The Bertz CT molecular complexity index is 495. The van der Waals surface area contributed by atoms with Crippen LogP contribution in [0.2, 0.25) is 0 Å². The van der Waals surface area contributed by atoms with E-state index in [4.69, 9.17) is 15.0 Å². The molecule has 1 heterocycles. The molecule has 0 atom stereocenters. The van der Waals surface area contributed by atoms with E-state index in [1.54, 1.807) is 0 Å². The summed E-state index contributed by atoms with van der Waals surface area (Å²) in [4.78, 5) is 0.937. The summed E-state index contributed by atoms with van der Waals surface area (Å²) in [6, 6.07) is 7.91. The van der Waals surface area contributed by atoms with E-state index in [2.05, 4.69) is 12.6 Å². The molecular weight excluding hydrogens is 269 g/mol. The van der Waals surface area contributed by atoms with Crippen molar-refractivity contribution >= 4 is 25.8 Å². The zero-order chi connectivity index (χ0) is 15.0. The summed E-state index contributed by atoms with van der Waals surface area (Å²) in [5.74, 6) is 0. The Labute approximate surface area is 127 Å². The Hall–Kier alpha value is -0.745. The van der Waals surface area contributed by atoms with Gasteiger partial charge < -0.3 is 15.0 Å². The van der Waals surface area contributed by atoms with Crippen LogP contribution in [0.15, 0.2) is 34.6 Å². The van der Waals surface area contributed by atoms with Crippen LogP contribution in [0.3, 0.4) is 0 Å². The second kappa shape index (κ2) is 5.56. The highest BCUT2D eigenvalue weighted by molar-refractivity contribution is 7.80. The second-order valence-corrected chi connectivity index (χ2v) is 6.62. The van der Waals surface area contributed by atoms with E-state index < -0.39 is 0 Å². The van der Waals surface area contributed by atoms with Crippen molar-refractivity contribution in [2.24, 2.45) is 5.73 Å². The van der Waals surface area contributed by atoms with Gasteiger partial charge in [-0.25, -0.2) is 0 Å². The van der Waals surface area contributed by atoms with Gasteiger partial charge in [-0.1, -0.05) is 18.2 Å². The molecule has 0 spiro atoms. The summed E-state index contributed by atoms with van der Waals surface area (Å²) in [5, 5.41) is 0. The molecule has 2 rings (SSSR count). The van der Waals surface area contributed by atoms with Crippen LogP contribution in [0, 0.1) is 0 Å². The summed E-state index contributed by atoms with van der Waals surface area (Å²) in [5.41, 5.74) is 7.18. The minimum absolute atomic E-state index is 0.346. The SMILES string of the molecule is CC1(C)OB(C(=Cc2ccc(S)cc2)CN)OC1(C)C. The van der Waals surface area contributed by atoms with E-state index in [-0.39, 0.29) is 18.3 Å². The quantitative estimate of drug-likeness (QED) is 0.665. The predicted octanol–water partition coefficient (Wildman–Crippen LogP) is 2.95. The van der Waals surface area contributed by atoms with Crippen LogP contribution in [0.1, 0.15) is 33.3 Å². The van der Waals surface area contributed by atoms with E-state index in [0.717, 1.165) is 15.9 Å². The summed E-state index contributed by atoms with van der Waals surface area (Å²) in [7, 11) is -0.388. The number of rotatable bonds is 3. The molecule has 5 heteroatoms. The molecule has 0 saturated carbocycles. The van der Waals surface area contributed by atoms with Crippen molar-refractivity contribution in [1.29, 1.82) is 0 Å². The Kier molecular flexibility index (Phi) is 4.35.